The average molecular weight is 851 g/mol. The van der Waals surface area contributed by atoms with E-state index in [4.69, 9.17) is 67.1 Å². The minimum absolute atomic E-state index is 0.0396. The molecule has 1 N–H and O–H groups in total. The Kier molecular flexibility index (Phi) is 22.1. The van der Waals surface area contributed by atoms with Gasteiger partial charge in [-0.3, -0.25) is 38.4 Å². The van der Waals surface area contributed by atoms with E-state index in [9.17, 15) is 38.4 Å². The predicted molar refractivity (Wildman–Crippen MR) is 188 cm³/mol. The van der Waals surface area contributed by atoms with Gasteiger partial charge in [0.15, 0.2) is 43.0 Å². The molecule has 2 saturated heterocycles. The van der Waals surface area contributed by atoms with Crippen molar-refractivity contribution in [3.05, 3.63) is 10.4 Å². The summed E-state index contributed by atoms with van der Waals surface area (Å²) in [6.45, 7) is 6.20. The second-order valence-corrected chi connectivity index (χ2v) is 12.5. The summed E-state index contributed by atoms with van der Waals surface area (Å²) in [5, 5.41) is 5.81. The number of rotatable bonds is 23. The van der Waals surface area contributed by atoms with Crippen LogP contribution in [-0.4, -0.2) is 168 Å². The van der Waals surface area contributed by atoms with Crippen molar-refractivity contribution in [3.63, 3.8) is 0 Å². The van der Waals surface area contributed by atoms with Gasteiger partial charge in [-0.15, -0.1) is 0 Å². The van der Waals surface area contributed by atoms with Crippen molar-refractivity contribution in [1.82, 2.24) is 5.32 Å². The molecule has 332 valence electrons. The lowest BCUT2D eigenvalue weighted by Gasteiger charge is -2.48. The third-order valence-corrected chi connectivity index (χ3v) is 7.61. The highest BCUT2D eigenvalue weighted by atomic mass is 16.8. The first kappa shape index (κ1) is 50.0. The highest BCUT2D eigenvalue weighted by Gasteiger charge is 2.57. The van der Waals surface area contributed by atoms with Crippen molar-refractivity contribution >= 4 is 47.7 Å². The van der Waals surface area contributed by atoms with Crippen molar-refractivity contribution in [2.75, 3.05) is 59.4 Å². The van der Waals surface area contributed by atoms with Gasteiger partial charge in [-0.05, 0) is 5.53 Å². The number of nitrogens with zero attached hydrogens (tertiary/aromatic N) is 3. The molecule has 0 radical (unpaired) electrons. The summed E-state index contributed by atoms with van der Waals surface area (Å²) >= 11 is 0. The molecule has 25 nitrogen and oxygen atoms in total. The van der Waals surface area contributed by atoms with Gasteiger partial charge in [0.25, 0.3) is 0 Å². The van der Waals surface area contributed by atoms with Crippen LogP contribution in [-0.2, 0) is 99.9 Å². The van der Waals surface area contributed by atoms with Gasteiger partial charge in [-0.25, -0.2) is 0 Å². The quantitative estimate of drug-likeness (QED) is 0.0324. The number of carbonyl (C=O) groups excluding carboxylic acids is 8. The van der Waals surface area contributed by atoms with Crippen LogP contribution in [0.5, 0.6) is 0 Å². The van der Waals surface area contributed by atoms with E-state index in [-0.39, 0.29) is 39.6 Å². The first-order valence-electron chi connectivity index (χ1n) is 18.1. The Labute approximate surface area is 337 Å². The minimum atomic E-state index is -1.87. The average Bonchev–Trinajstić information content (AvgIpc) is 3.12. The lowest BCUT2D eigenvalue weighted by molar-refractivity contribution is -0.345. The van der Waals surface area contributed by atoms with E-state index in [0.29, 0.717) is 0 Å². The van der Waals surface area contributed by atoms with E-state index < -0.39 is 129 Å². The van der Waals surface area contributed by atoms with Gasteiger partial charge in [-0.2, -0.15) is 0 Å². The van der Waals surface area contributed by atoms with Gasteiger partial charge >= 0.3 is 41.8 Å². The molecule has 25 heteroatoms. The van der Waals surface area contributed by atoms with E-state index in [1.54, 1.807) is 0 Å². The molecule has 0 aromatic heterocycles. The lowest BCUT2D eigenvalue weighted by atomic mass is 9.95. The highest BCUT2D eigenvalue weighted by Crippen LogP contribution is 2.35. The van der Waals surface area contributed by atoms with Gasteiger partial charge < -0.3 is 66.9 Å². The zero-order chi connectivity index (χ0) is 44.1. The molecule has 0 aromatic rings. The third kappa shape index (κ3) is 18.5. The Balaban J connectivity index is 2.46. The number of nitrogens with one attached hydrogen (secondary N) is 1. The smallest absolute Gasteiger partial charge is 0.303 e. The molecule has 2 fully saturated rings. The number of amides is 1. The fourth-order valence-corrected chi connectivity index (χ4v) is 5.58. The van der Waals surface area contributed by atoms with Crippen LogP contribution in [0.25, 0.3) is 10.4 Å². The maximum Gasteiger partial charge on any atom is 0.303 e. The van der Waals surface area contributed by atoms with E-state index in [1.807, 2.05) is 0 Å². The SMILES string of the molecule is CC(=O)OC[C@H]1O[C@@H](O[C@H]2[C@H](OC(C)=O)[C@@H](OC(C)=O)[C@H](NC(=O)COCCOCCOCCN=[N+]=[N-])O[C@@H]2COC(C)=O)[C@H](OC(C)=O)[C@@H](OC(C)=O)[C@H]1OC(C)=O. The topological polar surface area (TPSA) is 317 Å². The maximum atomic E-state index is 13.1. The summed E-state index contributed by atoms with van der Waals surface area (Å²) in [5.41, 5.74) is 8.26. The van der Waals surface area contributed by atoms with Gasteiger partial charge in [0.05, 0.1) is 33.0 Å². The fraction of sp³-hybridized carbons (Fsp3) is 0.765. The van der Waals surface area contributed by atoms with Crippen LogP contribution in [0.2, 0.25) is 0 Å². The van der Waals surface area contributed by atoms with Crippen LogP contribution in [0.4, 0.5) is 0 Å². The normalized spacial score (nSPS) is 26.2. The molecule has 2 aliphatic heterocycles. The molecule has 0 spiro atoms. The number of ether oxygens (including phenoxy) is 13. The maximum absolute atomic E-state index is 13.1. The van der Waals surface area contributed by atoms with E-state index >= 15 is 0 Å². The summed E-state index contributed by atoms with van der Waals surface area (Å²) in [5.74, 6) is -7.06. The van der Waals surface area contributed by atoms with Gasteiger partial charge in [0.1, 0.15) is 38.1 Å². The minimum Gasteiger partial charge on any atom is -0.463 e. The molecule has 59 heavy (non-hydrogen) atoms. The summed E-state index contributed by atoms with van der Waals surface area (Å²) in [7, 11) is 0. The molecular weight excluding hydrogens is 800 g/mol. The van der Waals surface area contributed by atoms with Crippen LogP contribution >= 0.6 is 0 Å². The zero-order valence-electron chi connectivity index (χ0n) is 33.6. The summed E-state index contributed by atoms with van der Waals surface area (Å²) in [4.78, 5) is 102. The summed E-state index contributed by atoms with van der Waals surface area (Å²) in [6, 6.07) is 0. The number of hydrogen-bond acceptors (Lipinski definition) is 22. The van der Waals surface area contributed by atoms with Gasteiger partial charge in [0.2, 0.25) is 5.91 Å². The standard InChI is InChI=1S/C34H50N4O21/c1-17(39)50-14-24-28(59-34-32(56-23(7)45)30(54-21(5)43)27(52-19(3)41)25(58-34)15-51-18(2)40)29(53-20(4)42)31(55-22(6)44)33(57-24)37-26(46)16-49-13-12-48-11-10-47-9-8-36-38-35/h24-25,27-34H,8-16H2,1-7H3,(H,37,46)/t24-,25-,27+,28-,29+,30+,31-,32-,33-,34+/m1/s1. The highest BCUT2D eigenvalue weighted by molar-refractivity contribution is 5.77. The van der Waals surface area contributed by atoms with Crippen molar-refractivity contribution in [1.29, 1.82) is 0 Å². The van der Waals surface area contributed by atoms with Crippen molar-refractivity contribution in [2.45, 2.75) is 110 Å². The Bertz CT molecular complexity index is 1510. The van der Waals surface area contributed by atoms with Crippen LogP contribution in [0.1, 0.15) is 48.5 Å². The second-order valence-electron chi connectivity index (χ2n) is 12.5. The van der Waals surface area contributed by atoms with Crippen molar-refractivity contribution in [3.8, 4) is 0 Å². The van der Waals surface area contributed by atoms with Crippen molar-refractivity contribution in [2.24, 2.45) is 5.11 Å². The Morgan fingerprint density at radius 3 is 1.49 bits per heavy atom. The predicted octanol–water partition coefficient (Wildman–Crippen LogP) is -0.918. The monoisotopic (exact) mass is 850 g/mol. The first-order chi connectivity index (χ1) is 27.9. The third-order valence-electron chi connectivity index (χ3n) is 7.61. The summed E-state index contributed by atoms with van der Waals surface area (Å²) in [6.07, 6.45) is -16.5. The number of azide groups is 1. The van der Waals surface area contributed by atoms with Crippen LogP contribution in [0.15, 0.2) is 5.11 Å². The van der Waals surface area contributed by atoms with Gasteiger partial charge in [-0.1, -0.05) is 5.11 Å². The lowest BCUT2D eigenvalue weighted by Crippen LogP contribution is -2.69. The molecule has 0 unspecified atom stereocenters. The van der Waals surface area contributed by atoms with E-state index in [2.05, 4.69) is 15.3 Å². The van der Waals surface area contributed by atoms with Gasteiger partial charge in [0, 0.05) is 59.9 Å². The molecule has 2 heterocycles. The molecule has 0 aliphatic carbocycles. The van der Waals surface area contributed by atoms with E-state index in [0.717, 1.165) is 48.5 Å². The second kappa shape index (κ2) is 26.0. The molecule has 10 atom stereocenters. The molecular formula is C34H50N4O21. The molecule has 1 amide bonds. The molecule has 2 rings (SSSR count). The van der Waals surface area contributed by atoms with Crippen molar-refractivity contribution < 1.29 is 99.9 Å². The van der Waals surface area contributed by atoms with E-state index in [1.165, 1.54) is 0 Å². The number of hydrogen-bond donors (Lipinski definition) is 1. The molecule has 0 aromatic carbocycles. The first-order valence-corrected chi connectivity index (χ1v) is 18.1. The Morgan fingerprint density at radius 1 is 0.542 bits per heavy atom. The van der Waals surface area contributed by atoms with Crippen LogP contribution in [0, 0.1) is 0 Å². The molecule has 0 saturated carbocycles. The number of carbonyl (C=O) groups is 8. The van der Waals surface area contributed by atoms with Crippen LogP contribution < -0.4 is 5.32 Å². The zero-order valence-corrected chi connectivity index (χ0v) is 33.6. The number of esters is 7. The summed E-state index contributed by atoms with van der Waals surface area (Å²) < 4.78 is 72.0. The fourth-order valence-electron chi connectivity index (χ4n) is 5.58. The molecule has 0 bridgehead atoms. The molecule has 2 aliphatic rings. The largest absolute Gasteiger partial charge is 0.463 e. The Hall–Kier alpha value is -5.17. The Morgan fingerprint density at radius 2 is 0.983 bits per heavy atom. The van der Waals surface area contributed by atoms with Crippen LogP contribution in [0.3, 0.4) is 0 Å².